The van der Waals surface area contributed by atoms with Crippen LogP contribution in [0.2, 0.25) is 0 Å². The summed E-state index contributed by atoms with van der Waals surface area (Å²) in [5.74, 6) is -0.967. The van der Waals surface area contributed by atoms with Crippen LogP contribution in [0.25, 0.3) is 0 Å². The van der Waals surface area contributed by atoms with Crippen molar-refractivity contribution in [1.82, 2.24) is 5.32 Å². The molecule has 0 aliphatic rings. The maximum atomic E-state index is 10.3. The van der Waals surface area contributed by atoms with Gasteiger partial charge in [0.15, 0.2) is 0 Å². The predicted octanol–water partition coefficient (Wildman–Crippen LogP) is -1.38. The van der Waals surface area contributed by atoms with Gasteiger partial charge >= 0.3 is 5.97 Å². The van der Waals surface area contributed by atoms with Gasteiger partial charge in [0.1, 0.15) is 0 Å². The zero-order chi connectivity index (χ0) is 7.44. The van der Waals surface area contributed by atoms with Gasteiger partial charge in [-0.2, -0.15) is 0 Å². The van der Waals surface area contributed by atoms with Gasteiger partial charge in [-0.15, -0.1) is 0 Å². The topological polar surface area (TPSA) is 49.3 Å². The Morgan fingerprint density at radius 2 is 2.22 bits per heavy atom. The maximum Gasteiger partial charge on any atom is 0.307 e. The van der Waals surface area contributed by atoms with E-state index in [2.05, 4.69) is 5.32 Å². The third kappa shape index (κ3) is 2.62. The van der Waals surface area contributed by atoms with E-state index in [0.29, 0.717) is 0 Å². The van der Waals surface area contributed by atoms with Crippen molar-refractivity contribution in [1.29, 1.82) is 0 Å². The molecule has 0 aromatic rings. The SMILES string of the molecule is CN[C@@H]([SiH3])[C@@H](C)C(=O)O. The van der Waals surface area contributed by atoms with Crippen LogP contribution in [-0.4, -0.2) is 34.0 Å². The molecule has 0 radical (unpaired) electrons. The first-order valence-corrected chi connectivity index (χ1v) is 4.15. The monoisotopic (exact) mass is 147 g/mol. The molecule has 2 atom stereocenters. The molecule has 54 valence electrons. The Morgan fingerprint density at radius 3 is 2.33 bits per heavy atom. The Hall–Kier alpha value is -0.353. The maximum absolute atomic E-state index is 10.3. The molecule has 0 aromatic carbocycles. The lowest BCUT2D eigenvalue weighted by Gasteiger charge is -2.13. The van der Waals surface area contributed by atoms with Crippen molar-refractivity contribution in [2.75, 3.05) is 7.05 Å². The lowest BCUT2D eigenvalue weighted by Crippen LogP contribution is -2.36. The van der Waals surface area contributed by atoms with Crippen molar-refractivity contribution in [3.63, 3.8) is 0 Å². The van der Waals surface area contributed by atoms with Gasteiger partial charge in [0.25, 0.3) is 0 Å². The molecule has 0 saturated carbocycles. The summed E-state index contributed by atoms with van der Waals surface area (Å²) >= 11 is 0. The fourth-order valence-corrected chi connectivity index (χ4v) is 0.749. The molecule has 0 heterocycles. The molecule has 0 unspecified atom stereocenters. The summed E-state index contributed by atoms with van der Waals surface area (Å²) in [4.78, 5) is 10.3. The highest BCUT2D eigenvalue weighted by Crippen LogP contribution is 1.97. The standard InChI is InChI=1S/C5H13NO2Si/c1-3(5(7)8)4(9)6-2/h3-4,6H,1-2,9H3,(H,7,8)/t3-,4+/m1/s1. The van der Waals surface area contributed by atoms with Gasteiger partial charge in [0.05, 0.1) is 5.92 Å². The molecule has 4 heteroatoms. The van der Waals surface area contributed by atoms with Crippen LogP contribution in [0, 0.1) is 5.92 Å². The zero-order valence-corrected chi connectivity index (χ0v) is 8.01. The number of carboxylic acids is 1. The van der Waals surface area contributed by atoms with E-state index in [4.69, 9.17) is 5.11 Å². The van der Waals surface area contributed by atoms with Crippen molar-refractivity contribution in [2.24, 2.45) is 5.92 Å². The van der Waals surface area contributed by atoms with Crippen LogP contribution < -0.4 is 5.32 Å². The van der Waals surface area contributed by atoms with Crippen LogP contribution in [0.1, 0.15) is 6.92 Å². The summed E-state index contributed by atoms with van der Waals surface area (Å²) < 4.78 is 0. The van der Waals surface area contributed by atoms with Gasteiger partial charge in [0.2, 0.25) is 0 Å². The molecule has 9 heavy (non-hydrogen) atoms. The highest BCUT2D eigenvalue weighted by Gasteiger charge is 2.16. The van der Waals surface area contributed by atoms with Crippen LogP contribution in [0.3, 0.4) is 0 Å². The number of carbonyl (C=O) groups is 1. The summed E-state index contributed by atoms with van der Waals surface area (Å²) in [6.45, 7) is 1.72. The van der Waals surface area contributed by atoms with Gasteiger partial charge in [-0.1, -0.05) is 6.92 Å². The molecule has 0 aliphatic carbocycles. The van der Waals surface area contributed by atoms with E-state index in [-0.39, 0.29) is 11.6 Å². The summed E-state index contributed by atoms with van der Waals surface area (Å²) in [5.41, 5.74) is 0.183. The Kier molecular flexibility index (Phi) is 3.49. The molecule has 0 rings (SSSR count). The van der Waals surface area contributed by atoms with Crippen molar-refractivity contribution in [2.45, 2.75) is 12.6 Å². The first-order chi connectivity index (χ1) is 4.09. The Bertz CT molecular complexity index is 107. The van der Waals surface area contributed by atoms with Crippen molar-refractivity contribution < 1.29 is 9.90 Å². The van der Waals surface area contributed by atoms with Gasteiger partial charge in [-0.3, -0.25) is 4.79 Å². The van der Waals surface area contributed by atoms with Gasteiger partial charge < -0.3 is 10.4 Å². The predicted molar refractivity (Wildman–Crippen MR) is 39.6 cm³/mol. The largest absolute Gasteiger partial charge is 0.481 e. The van der Waals surface area contributed by atoms with E-state index >= 15 is 0 Å². The third-order valence-electron chi connectivity index (χ3n) is 1.59. The highest BCUT2D eigenvalue weighted by atomic mass is 28.1. The first-order valence-electron chi connectivity index (χ1n) is 2.99. The summed E-state index contributed by atoms with van der Waals surface area (Å²) in [6, 6.07) is 0. The first kappa shape index (κ1) is 8.65. The second kappa shape index (κ2) is 3.63. The molecular weight excluding hydrogens is 134 g/mol. The van der Waals surface area contributed by atoms with E-state index in [0.717, 1.165) is 10.2 Å². The van der Waals surface area contributed by atoms with Crippen LogP contribution in [0.5, 0.6) is 0 Å². The Balaban J connectivity index is 3.72. The normalized spacial score (nSPS) is 17.1. The van der Waals surface area contributed by atoms with Crippen LogP contribution in [-0.2, 0) is 4.79 Å². The number of hydrogen-bond donors (Lipinski definition) is 2. The summed E-state index contributed by atoms with van der Waals surface area (Å²) in [7, 11) is 2.67. The van der Waals surface area contributed by atoms with Crippen LogP contribution in [0.4, 0.5) is 0 Å². The van der Waals surface area contributed by atoms with Crippen molar-refractivity contribution >= 4 is 16.2 Å². The molecule has 0 spiro atoms. The fourth-order valence-electron chi connectivity index (χ4n) is 0.464. The van der Waals surface area contributed by atoms with E-state index in [1.54, 1.807) is 14.0 Å². The van der Waals surface area contributed by atoms with E-state index in [1.165, 1.54) is 0 Å². The Morgan fingerprint density at radius 1 is 1.78 bits per heavy atom. The smallest absolute Gasteiger partial charge is 0.307 e. The Labute approximate surface area is 57.9 Å². The fraction of sp³-hybridized carbons (Fsp3) is 0.800. The number of carboxylic acid groups (broad SMARTS) is 1. The molecule has 0 amide bonds. The molecule has 3 nitrogen and oxygen atoms in total. The van der Waals surface area contributed by atoms with E-state index in [1.807, 2.05) is 0 Å². The lowest BCUT2D eigenvalue weighted by atomic mass is 10.2. The summed E-state index contributed by atoms with van der Waals surface area (Å²) in [5, 5.41) is 11.4. The van der Waals surface area contributed by atoms with Crippen molar-refractivity contribution in [3.05, 3.63) is 0 Å². The van der Waals surface area contributed by atoms with Crippen molar-refractivity contribution in [3.8, 4) is 0 Å². The molecule has 0 saturated heterocycles. The molecule has 0 aliphatic heterocycles. The second-order valence-corrected chi connectivity index (χ2v) is 3.45. The quantitative estimate of drug-likeness (QED) is 0.484. The number of rotatable bonds is 3. The molecule has 0 bridgehead atoms. The minimum atomic E-state index is -0.718. The lowest BCUT2D eigenvalue weighted by molar-refractivity contribution is -0.141. The molecule has 2 N–H and O–H groups in total. The van der Waals surface area contributed by atoms with Crippen LogP contribution >= 0.6 is 0 Å². The van der Waals surface area contributed by atoms with Gasteiger partial charge in [-0.05, 0) is 7.05 Å². The molecule has 0 aromatic heterocycles. The minimum absolute atomic E-state index is 0.183. The van der Waals surface area contributed by atoms with E-state index < -0.39 is 5.97 Å². The number of nitrogens with one attached hydrogen (secondary N) is 1. The second-order valence-electron chi connectivity index (χ2n) is 2.20. The number of hydrogen-bond acceptors (Lipinski definition) is 2. The van der Waals surface area contributed by atoms with Crippen LogP contribution in [0.15, 0.2) is 0 Å². The highest BCUT2D eigenvalue weighted by molar-refractivity contribution is 6.13. The summed E-state index contributed by atoms with van der Waals surface area (Å²) in [6.07, 6.45) is 0. The van der Waals surface area contributed by atoms with Gasteiger partial charge in [-0.25, -0.2) is 0 Å². The third-order valence-corrected chi connectivity index (χ3v) is 3.17. The molecule has 0 fully saturated rings. The van der Waals surface area contributed by atoms with E-state index in [9.17, 15) is 4.79 Å². The minimum Gasteiger partial charge on any atom is -0.481 e. The molecular formula is C5H13NO2Si. The average Bonchev–Trinajstić information content (AvgIpc) is 1.84. The zero-order valence-electron chi connectivity index (χ0n) is 6.01. The van der Waals surface area contributed by atoms with Gasteiger partial charge in [0, 0.05) is 15.9 Å². The number of aliphatic carboxylic acids is 1. The average molecular weight is 147 g/mol.